The Labute approximate surface area is 209 Å². The molecule has 1 aliphatic rings. The lowest BCUT2D eigenvalue weighted by Crippen LogP contribution is -2.38. The smallest absolute Gasteiger partial charge is 0.369 e. The van der Waals surface area contributed by atoms with Crippen LogP contribution in [0, 0.1) is 12.8 Å². The lowest BCUT2D eigenvalue weighted by atomic mass is 9.92. The molecule has 0 aliphatic carbocycles. The van der Waals surface area contributed by atoms with E-state index >= 15 is 0 Å². The number of benzene rings is 1. The van der Waals surface area contributed by atoms with Crippen molar-refractivity contribution in [2.45, 2.75) is 38.5 Å². The molecule has 9 nitrogen and oxygen atoms in total. The number of halogens is 3. The van der Waals surface area contributed by atoms with Crippen LogP contribution in [0.3, 0.4) is 0 Å². The number of nitrogens with zero attached hydrogens (tertiary/aromatic N) is 4. The molecule has 0 spiro atoms. The highest BCUT2D eigenvalue weighted by Crippen LogP contribution is 2.35. The Morgan fingerprint density at radius 1 is 1.19 bits per heavy atom. The number of fused-ring (bicyclic) bond motifs is 1. The maximum Gasteiger partial charge on any atom is 0.414 e. The van der Waals surface area contributed by atoms with Crippen LogP contribution in [0.2, 0.25) is 0 Å². The molecule has 3 N–H and O–H groups in total. The van der Waals surface area contributed by atoms with E-state index in [4.69, 9.17) is 4.74 Å². The molecule has 2 atom stereocenters. The molecule has 0 saturated carbocycles. The highest BCUT2D eigenvalue weighted by atomic mass is 19.4. The van der Waals surface area contributed by atoms with Crippen LogP contribution in [0.25, 0.3) is 22.4 Å². The zero-order valence-corrected chi connectivity index (χ0v) is 19.8. The fourth-order valence-electron chi connectivity index (χ4n) is 4.38. The Bertz CT molecular complexity index is 1420. The third-order valence-corrected chi connectivity index (χ3v) is 6.29. The van der Waals surface area contributed by atoms with Crippen LogP contribution >= 0.6 is 0 Å². The Morgan fingerprint density at radius 2 is 2.05 bits per heavy atom. The number of aromatic nitrogens is 5. The van der Waals surface area contributed by atoms with E-state index < -0.39 is 18.2 Å². The van der Waals surface area contributed by atoms with Crippen molar-refractivity contribution < 1.29 is 22.7 Å². The second kappa shape index (κ2) is 10.1. The minimum absolute atomic E-state index is 0.00907. The van der Waals surface area contributed by atoms with Gasteiger partial charge in [0.05, 0.1) is 6.33 Å². The molecule has 1 amide bonds. The lowest BCUT2D eigenvalue weighted by molar-refractivity contribution is -0.235. The van der Waals surface area contributed by atoms with Gasteiger partial charge in [-0.15, -0.1) is 0 Å². The number of alkyl halides is 3. The number of anilines is 3. The van der Waals surface area contributed by atoms with Gasteiger partial charge in [0.2, 0.25) is 5.91 Å². The Hall–Kier alpha value is -4.06. The molecule has 5 rings (SSSR count). The Kier molecular flexibility index (Phi) is 6.74. The Morgan fingerprint density at radius 3 is 2.89 bits per heavy atom. The number of imidazole rings is 1. The summed E-state index contributed by atoms with van der Waals surface area (Å²) in [5.74, 6) is -0.195. The van der Waals surface area contributed by atoms with Gasteiger partial charge in [-0.2, -0.15) is 13.2 Å². The molecule has 0 bridgehead atoms. The highest BCUT2D eigenvalue weighted by molar-refractivity contribution is 5.93. The van der Waals surface area contributed by atoms with E-state index in [1.54, 1.807) is 30.7 Å². The van der Waals surface area contributed by atoms with E-state index in [-0.39, 0.29) is 25.4 Å². The lowest BCUT2D eigenvalue weighted by Gasteiger charge is -2.30. The van der Waals surface area contributed by atoms with Gasteiger partial charge in [0.15, 0.2) is 11.8 Å². The van der Waals surface area contributed by atoms with E-state index in [1.165, 1.54) is 6.33 Å². The first kappa shape index (κ1) is 24.6. The molecule has 1 aliphatic heterocycles. The number of nitrogens with one attached hydrogen (secondary N) is 3. The summed E-state index contributed by atoms with van der Waals surface area (Å²) >= 11 is 0. The van der Waals surface area contributed by atoms with Crippen molar-refractivity contribution in [1.82, 2.24) is 24.9 Å². The summed E-state index contributed by atoms with van der Waals surface area (Å²) in [5, 5.41) is 6.12. The molecule has 0 radical (unpaired) electrons. The van der Waals surface area contributed by atoms with E-state index in [1.807, 2.05) is 19.1 Å². The number of amides is 1. The van der Waals surface area contributed by atoms with Crippen LogP contribution in [0.4, 0.5) is 30.4 Å². The molecule has 0 unspecified atom stereocenters. The van der Waals surface area contributed by atoms with Crippen molar-refractivity contribution in [3.05, 3.63) is 54.7 Å². The van der Waals surface area contributed by atoms with Gasteiger partial charge in [0.25, 0.3) is 0 Å². The van der Waals surface area contributed by atoms with E-state index in [0.717, 1.165) is 11.1 Å². The molecular formula is C25H24F3N7O2. The molecule has 1 aromatic carbocycles. The first-order valence-corrected chi connectivity index (χ1v) is 11.7. The average Bonchev–Trinajstić information content (AvgIpc) is 3.35. The summed E-state index contributed by atoms with van der Waals surface area (Å²) < 4.78 is 43.9. The van der Waals surface area contributed by atoms with E-state index in [9.17, 15) is 18.0 Å². The molecular weight excluding hydrogens is 487 g/mol. The van der Waals surface area contributed by atoms with Crippen LogP contribution in [-0.4, -0.2) is 49.7 Å². The van der Waals surface area contributed by atoms with Gasteiger partial charge in [0.1, 0.15) is 23.4 Å². The zero-order chi connectivity index (χ0) is 26.0. The van der Waals surface area contributed by atoms with E-state index in [2.05, 4.69) is 35.6 Å². The Balaban J connectivity index is 1.32. The van der Waals surface area contributed by atoms with Gasteiger partial charge in [-0.3, -0.25) is 4.79 Å². The van der Waals surface area contributed by atoms with Gasteiger partial charge in [0, 0.05) is 36.2 Å². The van der Waals surface area contributed by atoms with Crippen molar-refractivity contribution in [2.24, 2.45) is 5.92 Å². The average molecular weight is 512 g/mol. The van der Waals surface area contributed by atoms with Gasteiger partial charge in [-0.05, 0) is 55.5 Å². The largest absolute Gasteiger partial charge is 0.414 e. The van der Waals surface area contributed by atoms with Crippen molar-refractivity contribution in [3.8, 4) is 11.3 Å². The molecule has 3 aromatic heterocycles. The maximum atomic E-state index is 13.0. The second-order valence-electron chi connectivity index (χ2n) is 8.92. The first-order valence-electron chi connectivity index (χ1n) is 11.7. The minimum Gasteiger partial charge on any atom is -0.369 e. The fraction of sp³-hybridized carbons (Fsp3) is 0.320. The molecule has 37 heavy (non-hydrogen) atoms. The van der Waals surface area contributed by atoms with Crippen LogP contribution in [0.15, 0.2) is 49.2 Å². The number of carbonyl (C=O) groups is 1. The number of aromatic amines is 1. The van der Waals surface area contributed by atoms with Gasteiger partial charge < -0.3 is 20.4 Å². The maximum absolute atomic E-state index is 13.0. The van der Waals surface area contributed by atoms with Gasteiger partial charge >= 0.3 is 6.18 Å². The summed E-state index contributed by atoms with van der Waals surface area (Å²) in [7, 11) is 0. The molecule has 4 heterocycles. The van der Waals surface area contributed by atoms with Crippen LogP contribution in [0.1, 0.15) is 24.8 Å². The SMILES string of the molecule is Cc1ccc(NC(=O)C[C@H]2CCO[C@H](C(F)(F)F)C2)cc1Nc1ncccc1-c1ncnc2nc[nH]c12. The molecule has 1 saturated heterocycles. The van der Waals surface area contributed by atoms with Crippen molar-refractivity contribution in [3.63, 3.8) is 0 Å². The van der Waals surface area contributed by atoms with Crippen LogP contribution < -0.4 is 10.6 Å². The standard InChI is InChI=1S/C25H24F3N7O2/c1-14-4-5-16(34-20(36)10-15-6-8-37-19(9-15)25(26,27)28)11-18(14)35-23-17(3-2-7-29-23)21-22-24(32-12-30-21)33-13-31-22/h2-5,7,11-13,15,19H,6,8-10H2,1H3,(H,29,35)(H,34,36)(H,30,31,32,33)/t15-,19-/m0/s1. The monoisotopic (exact) mass is 511 g/mol. The van der Waals surface area contributed by atoms with Crippen LogP contribution in [0.5, 0.6) is 0 Å². The quantitative estimate of drug-likeness (QED) is 0.328. The fourth-order valence-corrected chi connectivity index (χ4v) is 4.38. The van der Waals surface area contributed by atoms with E-state index in [0.29, 0.717) is 40.5 Å². The number of carbonyl (C=O) groups excluding carboxylic acids is 1. The van der Waals surface area contributed by atoms with Crippen molar-refractivity contribution >= 4 is 34.3 Å². The zero-order valence-electron chi connectivity index (χ0n) is 19.8. The van der Waals surface area contributed by atoms with Crippen molar-refractivity contribution in [2.75, 3.05) is 17.2 Å². The normalized spacial score (nSPS) is 18.1. The number of ether oxygens (including phenoxy) is 1. The highest BCUT2D eigenvalue weighted by Gasteiger charge is 2.43. The number of H-pyrrole nitrogens is 1. The molecule has 12 heteroatoms. The second-order valence-corrected chi connectivity index (χ2v) is 8.92. The molecule has 192 valence electrons. The van der Waals surface area contributed by atoms with Gasteiger partial charge in [-0.1, -0.05) is 6.07 Å². The summed E-state index contributed by atoms with van der Waals surface area (Å²) in [4.78, 5) is 32.9. The number of rotatable bonds is 6. The summed E-state index contributed by atoms with van der Waals surface area (Å²) in [6.07, 6.45) is -1.42. The number of pyridine rings is 1. The number of hydrogen-bond donors (Lipinski definition) is 3. The predicted octanol–water partition coefficient (Wildman–Crippen LogP) is 5.15. The summed E-state index contributed by atoms with van der Waals surface area (Å²) in [5.41, 5.74) is 4.70. The third-order valence-electron chi connectivity index (χ3n) is 6.29. The topological polar surface area (TPSA) is 118 Å². The first-order chi connectivity index (χ1) is 17.8. The van der Waals surface area contributed by atoms with Crippen molar-refractivity contribution in [1.29, 1.82) is 0 Å². The number of hydrogen-bond acceptors (Lipinski definition) is 7. The molecule has 4 aromatic rings. The summed E-state index contributed by atoms with van der Waals surface area (Å²) in [6, 6.07) is 9.03. The molecule has 1 fully saturated rings. The van der Waals surface area contributed by atoms with Crippen LogP contribution in [-0.2, 0) is 9.53 Å². The number of aryl methyl sites for hydroxylation is 1. The predicted molar refractivity (Wildman–Crippen MR) is 131 cm³/mol. The van der Waals surface area contributed by atoms with Gasteiger partial charge in [-0.25, -0.2) is 19.9 Å². The third kappa shape index (κ3) is 5.53. The minimum atomic E-state index is -4.42. The summed E-state index contributed by atoms with van der Waals surface area (Å²) in [6.45, 7) is 1.90.